The van der Waals surface area contributed by atoms with E-state index >= 15 is 0 Å². The maximum absolute atomic E-state index is 13.0. The maximum atomic E-state index is 13.0. The zero-order valence-corrected chi connectivity index (χ0v) is 17.3. The molecule has 4 rings (SSSR count). The number of benzene rings is 3. The standard InChI is InChI=1S/C24H22N4O3/c1-3-28-21-14-11-18(15-20(21)26-27-28)24(30)31-22(17-7-5-4-6-8-17)23(29)25-19-12-9-16(2)10-13-19/h4-15,22H,3H2,1-2H3,(H,25,29)/t22-/m0/s1. The van der Waals surface area contributed by atoms with Crippen LogP contribution in [0.15, 0.2) is 72.8 Å². The van der Waals surface area contributed by atoms with Crippen LogP contribution in [0.3, 0.4) is 0 Å². The summed E-state index contributed by atoms with van der Waals surface area (Å²) >= 11 is 0. The molecule has 0 aliphatic rings. The van der Waals surface area contributed by atoms with Crippen molar-refractivity contribution in [2.24, 2.45) is 0 Å². The van der Waals surface area contributed by atoms with Gasteiger partial charge in [0.1, 0.15) is 5.52 Å². The lowest BCUT2D eigenvalue weighted by molar-refractivity contribution is -0.125. The van der Waals surface area contributed by atoms with Crippen LogP contribution in [0.5, 0.6) is 0 Å². The van der Waals surface area contributed by atoms with Gasteiger partial charge in [0.25, 0.3) is 5.91 Å². The van der Waals surface area contributed by atoms with Crippen LogP contribution >= 0.6 is 0 Å². The van der Waals surface area contributed by atoms with Crippen molar-refractivity contribution in [1.29, 1.82) is 0 Å². The van der Waals surface area contributed by atoms with E-state index in [2.05, 4.69) is 15.6 Å². The first-order valence-electron chi connectivity index (χ1n) is 10.0. The van der Waals surface area contributed by atoms with Gasteiger partial charge in [0.15, 0.2) is 0 Å². The zero-order valence-electron chi connectivity index (χ0n) is 17.3. The van der Waals surface area contributed by atoms with Gasteiger partial charge in [0.2, 0.25) is 6.10 Å². The fraction of sp³-hybridized carbons (Fsp3) is 0.167. The Balaban J connectivity index is 1.59. The summed E-state index contributed by atoms with van der Waals surface area (Å²) in [5, 5.41) is 11.0. The van der Waals surface area contributed by atoms with Crippen molar-refractivity contribution in [3.63, 3.8) is 0 Å². The molecule has 0 saturated heterocycles. The molecule has 1 atom stereocenters. The van der Waals surface area contributed by atoms with E-state index in [1.54, 1.807) is 47.1 Å². The van der Waals surface area contributed by atoms with Crippen LogP contribution in [0.25, 0.3) is 11.0 Å². The third kappa shape index (κ3) is 4.45. The smallest absolute Gasteiger partial charge is 0.339 e. The van der Waals surface area contributed by atoms with Crippen molar-refractivity contribution in [2.45, 2.75) is 26.5 Å². The number of aryl methyl sites for hydroxylation is 2. The predicted octanol–water partition coefficient (Wildman–Crippen LogP) is 4.30. The number of fused-ring (bicyclic) bond motifs is 1. The van der Waals surface area contributed by atoms with E-state index in [1.165, 1.54) is 0 Å². The second-order valence-corrected chi connectivity index (χ2v) is 7.16. The van der Waals surface area contributed by atoms with Crippen molar-refractivity contribution in [3.8, 4) is 0 Å². The van der Waals surface area contributed by atoms with Crippen molar-refractivity contribution in [3.05, 3.63) is 89.5 Å². The molecule has 31 heavy (non-hydrogen) atoms. The molecule has 7 nitrogen and oxygen atoms in total. The largest absolute Gasteiger partial charge is 0.444 e. The second kappa shape index (κ2) is 8.79. The Morgan fingerprint density at radius 1 is 1.03 bits per heavy atom. The first-order valence-corrected chi connectivity index (χ1v) is 10.0. The van der Waals surface area contributed by atoms with Crippen molar-refractivity contribution in [1.82, 2.24) is 15.0 Å². The minimum Gasteiger partial charge on any atom is -0.444 e. The number of aromatic nitrogens is 3. The number of amides is 1. The summed E-state index contributed by atoms with van der Waals surface area (Å²) in [5.41, 5.74) is 4.02. The third-order valence-corrected chi connectivity index (χ3v) is 4.93. The van der Waals surface area contributed by atoms with Gasteiger partial charge in [-0.1, -0.05) is 53.2 Å². The summed E-state index contributed by atoms with van der Waals surface area (Å²) in [6.45, 7) is 4.61. The van der Waals surface area contributed by atoms with E-state index in [0.29, 0.717) is 28.9 Å². The van der Waals surface area contributed by atoms with Gasteiger partial charge in [-0.2, -0.15) is 0 Å². The highest BCUT2D eigenvalue weighted by Crippen LogP contribution is 2.23. The highest BCUT2D eigenvalue weighted by Gasteiger charge is 2.26. The zero-order chi connectivity index (χ0) is 21.8. The molecular formula is C24H22N4O3. The summed E-state index contributed by atoms with van der Waals surface area (Å²) in [6.07, 6.45) is -1.10. The number of esters is 1. The minimum absolute atomic E-state index is 0.305. The molecule has 1 amide bonds. The summed E-state index contributed by atoms with van der Waals surface area (Å²) in [6, 6.07) is 21.4. The topological polar surface area (TPSA) is 86.1 Å². The molecular weight excluding hydrogens is 392 g/mol. The van der Waals surface area contributed by atoms with E-state index in [-0.39, 0.29) is 0 Å². The number of hydrogen-bond acceptors (Lipinski definition) is 5. The number of ether oxygens (including phenoxy) is 1. The number of nitrogens with zero attached hydrogens (tertiary/aromatic N) is 3. The quantitative estimate of drug-likeness (QED) is 0.476. The summed E-state index contributed by atoms with van der Waals surface area (Å²) in [4.78, 5) is 25.9. The lowest BCUT2D eigenvalue weighted by atomic mass is 10.1. The second-order valence-electron chi connectivity index (χ2n) is 7.16. The van der Waals surface area contributed by atoms with Gasteiger partial charge in [-0.05, 0) is 44.2 Å². The first kappa shape index (κ1) is 20.3. The average molecular weight is 414 g/mol. The molecule has 7 heteroatoms. The summed E-state index contributed by atoms with van der Waals surface area (Å²) < 4.78 is 7.40. The molecule has 0 saturated carbocycles. The van der Waals surface area contributed by atoms with Crippen LogP contribution in [0.1, 0.15) is 34.5 Å². The summed E-state index contributed by atoms with van der Waals surface area (Å²) in [7, 11) is 0. The van der Waals surface area contributed by atoms with Crippen LogP contribution in [-0.4, -0.2) is 26.9 Å². The average Bonchev–Trinajstić information content (AvgIpc) is 3.21. The Kier molecular flexibility index (Phi) is 5.75. The molecule has 156 valence electrons. The molecule has 0 fully saturated rings. The highest BCUT2D eigenvalue weighted by atomic mass is 16.5. The Labute approximate surface area is 179 Å². The molecule has 0 aliphatic heterocycles. The van der Waals surface area contributed by atoms with Crippen molar-refractivity contribution >= 4 is 28.6 Å². The number of nitrogens with one attached hydrogen (secondary N) is 1. The fourth-order valence-corrected chi connectivity index (χ4v) is 3.25. The van der Waals surface area contributed by atoms with Crippen LogP contribution in [-0.2, 0) is 16.1 Å². The van der Waals surface area contributed by atoms with E-state index in [1.807, 2.05) is 44.2 Å². The molecule has 0 unspecified atom stereocenters. The van der Waals surface area contributed by atoms with Gasteiger partial charge in [0, 0.05) is 17.8 Å². The molecule has 4 aromatic rings. The molecule has 0 spiro atoms. The lowest BCUT2D eigenvalue weighted by Gasteiger charge is -2.18. The Morgan fingerprint density at radius 2 is 1.77 bits per heavy atom. The Hall–Kier alpha value is -4.00. The molecule has 3 aromatic carbocycles. The maximum Gasteiger partial charge on any atom is 0.339 e. The van der Waals surface area contributed by atoms with Gasteiger partial charge in [-0.15, -0.1) is 5.10 Å². The summed E-state index contributed by atoms with van der Waals surface area (Å²) in [5.74, 6) is -1.04. The Bertz CT molecular complexity index is 1220. The van der Waals surface area contributed by atoms with Gasteiger partial charge >= 0.3 is 5.97 Å². The monoisotopic (exact) mass is 414 g/mol. The van der Waals surface area contributed by atoms with Crippen molar-refractivity contribution in [2.75, 3.05) is 5.32 Å². The third-order valence-electron chi connectivity index (χ3n) is 4.93. The van der Waals surface area contributed by atoms with Gasteiger partial charge in [-0.25, -0.2) is 9.48 Å². The van der Waals surface area contributed by atoms with Gasteiger partial charge in [0.05, 0.1) is 11.1 Å². The van der Waals surface area contributed by atoms with E-state index in [4.69, 9.17) is 4.74 Å². The number of rotatable bonds is 6. The van der Waals surface area contributed by atoms with Crippen LogP contribution < -0.4 is 5.32 Å². The highest BCUT2D eigenvalue weighted by molar-refractivity contribution is 5.99. The molecule has 1 N–H and O–H groups in total. The SMILES string of the molecule is CCn1nnc2cc(C(=O)O[C@H](C(=O)Nc3ccc(C)cc3)c3ccccc3)ccc21. The van der Waals surface area contributed by atoms with E-state index in [0.717, 1.165) is 11.1 Å². The van der Waals surface area contributed by atoms with Gasteiger partial charge in [-0.3, -0.25) is 4.79 Å². The number of carbonyl (C=O) groups excluding carboxylic acids is 2. The first-order chi connectivity index (χ1) is 15.0. The Morgan fingerprint density at radius 3 is 2.48 bits per heavy atom. The molecule has 0 bridgehead atoms. The number of carbonyl (C=O) groups is 2. The fourth-order valence-electron chi connectivity index (χ4n) is 3.25. The lowest BCUT2D eigenvalue weighted by Crippen LogP contribution is -2.26. The van der Waals surface area contributed by atoms with Crippen LogP contribution in [0.4, 0.5) is 5.69 Å². The van der Waals surface area contributed by atoms with Crippen LogP contribution in [0, 0.1) is 6.92 Å². The molecule has 1 aromatic heterocycles. The van der Waals surface area contributed by atoms with E-state index < -0.39 is 18.0 Å². The predicted molar refractivity (Wildman–Crippen MR) is 118 cm³/mol. The van der Waals surface area contributed by atoms with Crippen molar-refractivity contribution < 1.29 is 14.3 Å². The minimum atomic E-state index is -1.10. The number of hydrogen-bond donors (Lipinski definition) is 1. The van der Waals surface area contributed by atoms with E-state index in [9.17, 15) is 9.59 Å². The van der Waals surface area contributed by atoms with Gasteiger partial charge < -0.3 is 10.1 Å². The molecule has 0 aliphatic carbocycles. The number of anilines is 1. The molecule has 1 heterocycles. The normalized spacial score (nSPS) is 11.8. The van der Waals surface area contributed by atoms with Crippen LogP contribution in [0.2, 0.25) is 0 Å². The molecule has 0 radical (unpaired) electrons.